The lowest BCUT2D eigenvalue weighted by atomic mass is 9.81. The number of thioether (sulfide) groups is 1. The van der Waals surface area contributed by atoms with Gasteiger partial charge in [0.25, 0.3) is 0 Å². The molecule has 6 rings (SSSR count). The summed E-state index contributed by atoms with van der Waals surface area (Å²) in [4.78, 5) is 57.5. The Morgan fingerprint density at radius 2 is 1.63 bits per heavy atom. The Morgan fingerprint density at radius 1 is 0.976 bits per heavy atom. The molecule has 0 aliphatic carbocycles. The fourth-order valence-electron chi connectivity index (χ4n) is 5.70. The van der Waals surface area contributed by atoms with Crippen molar-refractivity contribution >= 4 is 46.5 Å². The van der Waals surface area contributed by atoms with Gasteiger partial charge < -0.3 is 9.64 Å². The maximum atomic E-state index is 14.0. The second-order valence-corrected chi connectivity index (χ2v) is 13.6. The zero-order valence-corrected chi connectivity index (χ0v) is 24.6. The van der Waals surface area contributed by atoms with Gasteiger partial charge in [-0.1, -0.05) is 68.1 Å². The number of morpholine rings is 1. The Labute approximate surface area is 245 Å². The summed E-state index contributed by atoms with van der Waals surface area (Å²) in [6.45, 7) is 8.01. The molecule has 3 aliphatic rings. The Bertz CT molecular complexity index is 1570. The third kappa shape index (κ3) is 4.93. The fraction of sp³-hybridized carbons (Fsp3) is 0.400. The molecule has 2 fully saturated rings. The predicted molar refractivity (Wildman–Crippen MR) is 155 cm³/mol. The van der Waals surface area contributed by atoms with Crippen molar-refractivity contribution in [2.24, 2.45) is 5.92 Å². The first kappa shape index (κ1) is 27.9. The van der Waals surface area contributed by atoms with Crippen molar-refractivity contribution < 1.29 is 23.5 Å². The SMILES string of the molecule is CC(C)(C)c1ccc([C@@H]2c3sc(=O)n(CC(=O)N4CCOCC4)c3S[C@H]3C(=O)N(c4ccc(F)cc4)C(=O)[C@@H]23)cc1. The molecular weight excluding hydrogens is 565 g/mol. The molecule has 0 unspecified atom stereocenters. The number of ether oxygens (including phenoxy) is 1. The number of rotatable bonds is 4. The Kier molecular flexibility index (Phi) is 7.15. The molecule has 214 valence electrons. The van der Waals surface area contributed by atoms with Crippen molar-refractivity contribution in [3.63, 3.8) is 0 Å². The van der Waals surface area contributed by atoms with Crippen LogP contribution in [0, 0.1) is 11.7 Å². The molecule has 11 heteroatoms. The molecule has 0 bridgehead atoms. The number of hydrogen-bond donors (Lipinski definition) is 0. The first-order chi connectivity index (χ1) is 19.5. The molecule has 8 nitrogen and oxygen atoms in total. The van der Waals surface area contributed by atoms with E-state index in [1.165, 1.54) is 40.6 Å². The fourth-order valence-corrected chi connectivity index (χ4v) is 8.47. The van der Waals surface area contributed by atoms with Crippen molar-refractivity contribution in [2.45, 2.75) is 48.9 Å². The van der Waals surface area contributed by atoms with Crippen LogP contribution in [0.1, 0.15) is 42.7 Å². The molecule has 0 saturated carbocycles. The minimum Gasteiger partial charge on any atom is -0.378 e. The summed E-state index contributed by atoms with van der Waals surface area (Å²) >= 11 is 2.20. The number of halogens is 1. The van der Waals surface area contributed by atoms with Gasteiger partial charge in [0.1, 0.15) is 17.6 Å². The van der Waals surface area contributed by atoms with Crippen molar-refractivity contribution in [3.05, 3.63) is 80.0 Å². The van der Waals surface area contributed by atoms with Crippen LogP contribution in [0.5, 0.6) is 0 Å². The van der Waals surface area contributed by atoms with Crippen molar-refractivity contribution in [2.75, 3.05) is 31.2 Å². The normalized spacial score (nSPS) is 22.6. The van der Waals surface area contributed by atoms with Crippen LogP contribution in [0.15, 0.2) is 58.4 Å². The van der Waals surface area contributed by atoms with Crippen LogP contribution in [-0.2, 0) is 31.1 Å². The highest BCUT2D eigenvalue weighted by molar-refractivity contribution is 8.00. The monoisotopic (exact) mass is 595 g/mol. The highest BCUT2D eigenvalue weighted by atomic mass is 32.2. The molecule has 0 N–H and O–H groups in total. The number of benzene rings is 2. The Morgan fingerprint density at radius 3 is 2.27 bits per heavy atom. The molecule has 0 radical (unpaired) electrons. The number of amides is 3. The summed E-state index contributed by atoms with van der Waals surface area (Å²) < 4.78 is 20.5. The molecule has 0 spiro atoms. The number of fused-ring (bicyclic) bond motifs is 2. The van der Waals surface area contributed by atoms with E-state index in [0.29, 0.717) is 41.9 Å². The van der Waals surface area contributed by atoms with Gasteiger partial charge in [-0.25, -0.2) is 9.29 Å². The van der Waals surface area contributed by atoms with Gasteiger partial charge in [-0.3, -0.25) is 23.7 Å². The number of thiazole rings is 1. The summed E-state index contributed by atoms with van der Waals surface area (Å²) in [6.07, 6.45) is 0. The summed E-state index contributed by atoms with van der Waals surface area (Å²) in [6, 6.07) is 13.3. The van der Waals surface area contributed by atoms with Crippen LogP contribution in [0.25, 0.3) is 0 Å². The minimum absolute atomic E-state index is 0.0822. The summed E-state index contributed by atoms with van der Waals surface area (Å²) in [7, 11) is 0. The molecule has 3 amide bonds. The van der Waals surface area contributed by atoms with Crippen LogP contribution in [-0.4, -0.2) is 58.7 Å². The molecule has 4 heterocycles. The number of nitrogens with zero attached hydrogens (tertiary/aromatic N) is 3. The van der Waals surface area contributed by atoms with Crippen LogP contribution in [0.4, 0.5) is 10.1 Å². The van der Waals surface area contributed by atoms with E-state index >= 15 is 0 Å². The highest BCUT2D eigenvalue weighted by Crippen LogP contribution is 2.54. The number of imide groups is 1. The predicted octanol–water partition coefficient (Wildman–Crippen LogP) is 4.00. The summed E-state index contributed by atoms with van der Waals surface area (Å²) in [5, 5.41) is -0.249. The van der Waals surface area contributed by atoms with Gasteiger partial charge in [-0.05, 0) is 40.8 Å². The van der Waals surface area contributed by atoms with Crippen molar-refractivity contribution in [1.29, 1.82) is 0 Å². The minimum atomic E-state index is -0.800. The van der Waals surface area contributed by atoms with Gasteiger partial charge in [0.15, 0.2) is 0 Å². The summed E-state index contributed by atoms with van der Waals surface area (Å²) in [5.74, 6) is -2.76. The lowest BCUT2D eigenvalue weighted by Gasteiger charge is -2.31. The average Bonchev–Trinajstić information content (AvgIpc) is 3.40. The molecule has 1 aromatic heterocycles. The van der Waals surface area contributed by atoms with Crippen LogP contribution in [0.2, 0.25) is 0 Å². The number of hydrogen-bond acceptors (Lipinski definition) is 7. The molecular formula is C30H30FN3O5S2. The molecule has 2 saturated heterocycles. The number of carbonyl (C=O) groups is 3. The molecule has 2 aromatic carbocycles. The van der Waals surface area contributed by atoms with E-state index in [0.717, 1.165) is 27.4 Å². The molecule has 3 aromatic rings. The average molecular weight is 596 g/mol. The third-order valence-electron chi connectivity index (χ3n) is 7.93. The lowest BCUT2D eigenvalue weighted by molar-refractivity contribution is -0.136. The highest BCUT2D eigenvalue weighted by Gasteiger charge is 2.56. The van der Waals surface area contributed by atoms with Crippen molar-refractivity contribution in [3.8, 4) is 0 Å². The third-order valence-corrected chi connectivity index (χ3v) is 10.5. The zero-order valence-electron chi connectivity index (χ0n) is 23.0. The maximum Gasteiger partial charge on any atom is 0.308 e. The van der Waals surface area contributed by atoms with E-state index in [-0.39, 0.29) is 28.6 Å². The van der Waals surface area contributed by atoms with E-state index < -0.39 is 28.8 Å². The Balaban J connectivity index is 1.44. The molecule has 3 aliphatic heterocycles. The van der Waals surface area contributed by atoms with Gasteiger partial charge in [0.2, 0.25) is 17.7 Å². The first-order valence-electron chi connectivity index (χ1n) is 13.5. The van der Waals surface area contributed by atoms with Gasteiger partial charge in [-0.15, -0.1) is 0 Å². The van der Waals surface area contributed by atoms with Crippen LogP contribution < -0.4 is 9.77 Å². The zero-order chi connectivity index (χ0) is 29.1. The summed E-state index contributed by atoms with van der Waals surface area (Å²) in [5.41, 5.74) is 2.17. The van der Waals surface area contributed by atoms with Crippen LogP contribution >= 0.6 is 23.1 Å². The van der Waals surface area contributed by atoms with Crippen LogP contribution in [0.3, 0.4) is 0 Å². The quantitative estimate of drug-likeness (QED) is 0.424. The van der Waals surface area contributed by atoms with E-state index in [4.69, 9.17) is 4.74 Å². The van der Waals surface area contributed by atoms with Crippen molar-refractivity contribution in [1.82, 2.24) is 9.47 Å². The van der Waals surface area contributed by atoms with Gasteiger partial charge in [-0.2, -0.15) is 0 Å². The number of aromatic nitrogens is 1. The van der Waals surface area contributed by atoms with E-state index in [9.17, 15) is 23.6 Å². The number of carbonyl (C=O) groups excluding carboxylic acids is 3. The van der Waals surface area contributed by atoms with E-state index in [1.54, 1.807) is 4.90 Å². The topological polar surface area (TPSA) is 88.9 Å². The molecule has 41 heavy (non-hydrogen) atoms. The second-order valence-electron chi connectivity index (χ2n) is 11.5. The largest absolute Gasteiger partial charge is 0.378 e. The lowest BCUT2D eigenvalue weighted by Crippen LogP contribution is -2.43. The van der Waals surface area contributed by atoms with E-state index in [2.05, 4.69) is 20.8 Å². The van der Waals surface area contributed by atoms with E-state index in [1.807, 2.05) is 24.3 Å². The Hall–Kier alpha value is -3.28. The van der Waals surface area contributed by atoms with Gasteiger partial charge in [0, 0.05) is 23.9 Å². The van der Waals surface area contributed by atoms with Gasteiger partial charge >= 0.3 is 4.87 Å². The first-order valence-corrected chi connectivity index (χ1v) is 15.2. The maximum absolute atomic E-state index is 14.0. The van der Waals surface area contributed by atoms with Gasteiger partial charge in [0.05, 0.1) is 29.8 Å². The second kappa shape index (κ2) is 10.5. The number of anilines is 1. The molecule has 3 atom stereocenters. The smallest absolute Gasteiger partial charge is 0.308 e. The standard InChI is InChI=1S/C30H30FN3O5S2/c1-30(2,3)18-6-4-17(5-7-18)22-23-24(27(37)34(26(23)36)20-10-8-19(31)9-11-20)40-28-25(22)41-29(38)33(28)16-21(35)32-12-14-39-15-13-32/h4-11,22-24H,12-16H2,1-3H3/t22-,23-,24+/m0/s1.